The quantitative estimate of drug-likeness (QED) is 0.628. The predicted octanol–water partition coefficient (Wildman–Crippen LogP) is 2.47. The third-order valence-corrected chi connectivity index (χ3v) is 4.61. The van der Waals surface area contributed by atoms with Gasteiger partial charge in [-0.15, -0.1) is 0 Å². The Kier molecular flexibility index (Phi) is 3.16. The lowest BCUT2D eigenvalue weighted by Gasteiger charge is -2.29. The van der Waals surface area contributed by atoms with E-state index in [1.807, 2.05) is 24.3 Å². The van der Waals surface area contributed by atoms with Gasteiger partial charge in [-0.1, -0.05) is 35.5 Å². The molecule has 2 heterocycles. The van der Waals surface area contributed by atoms with Crippen LogP contribution in [0.15, 0.2) is 41.6 Å². The summed E-state index contributed by atoms with van der Waals surface area (Å²) >= 11 is 0. The summed E-state index contributed by atoms with van der Waals surface area (Å²) in [6.07, 6.45) is 0.935. The number of fused-ring (bicyclic) bond motifs is 3. The number of rotatable bonds is 1. The fourth-order valence-corrected chi connectivity index (χ4v) is 3.49. The van der Waals surface area contributed by atoms with Crippen molar-refractivity contribution in [2.75, 3.05) is 18.9 Å². The smallest absolute Gasteiger partial charge is 0.278 e. The summed E-state index contributed by atoms with van der Waals surface area (Å²) in [4.78, 5) is 14.3. The molecule has 0 radical (unpaired) electrons. The van der Waals surface area contributed by atoms with Crippen molar-refractivity contribution in [3.63, 3.8) is 0 Å². The Bertz CT molecular complexity index is 828. The molecule has 2 aromatic carbocycles. The Balaban J connectivity index is 2.00. The van der Waals surface area contributed by atoms with E-state index >= 15 is 0 Å². The van der Waals surface area contributed by atoms with Crippen LogP contribution in [0.2, 0.25) is 0 Å². The first-order valence-electron chi connectivity index (χ1n) is 7.65. The van der Waals surface area contributed by atoms with Gasteiger partial charge in [0.1, 0.15) is 0 Å². The van der Waals surface area contributed by atoms with Crippen molar-refractivity contribution >= 4 is 17.3 Å². The van der Waals surface area contributed by atoms with Crippen LogP contribution in [0.3, 0.4) is 0 Å². The van der Waals surface area contributed by atoms with Gasteiger partial charge in [-0.05, 0) is 41.8 Å². The molecule has 116 valence electrons. The first kappa shape index (κ1) is 14.0. The molecule has 5 nitrogen and oxygen atoms in total. The van der Waals surface area contributed by atoms with Crippen molar-refractivity contribution in [1.82, 2.24) is 4.90 Å². The molecule has 0 aromatic heterocycles. The maximum Gasteiger partial charge on any atom is 0.278 e. The van der Waals surface area contributed by atoms with E-state index in [0.717, 1.165) is 41.9 Å². The van der Waals surface area contributed by atoms with Gasteiger partial charge in [0.2, 0.25) is 0 Å². The summed E-state index contributed by atoms with van der Waals surface area (Å²) in [5.74, 6) is -0.344. The van der Waals surface area contributed by atoms with Gasteiger partial charge in [0.25, 0.3) is 5.91 Å². The first-order chi connectivity index (χ1) is 11.2. The summed E-state index contributed by atoms with van der Waals surface area (Å²) < 4.78 is 0. The molecular formula is C18H17N3O2. The van der Waals surface area contributed by atoms with Gasteiger partial charge in [0.05, 0.1) is 5.69 Å². The Morgan fingerprint density at radius 2 is 1.96 bits per heavy atom. The molecule has 0 atom stereocenters. The molecule has 0 unspecified atom stereocenters. The number of carbonyl (C=O) groups excluding carboxylic acids is 1. The van der Waals surface area contributed by atoms with E-state index in [4.69, 9.17) is 0 Å². The van der Waals surface area contributed by atoms with E-state index in [2.05, 4.69) is 34.6 Å². The van der Waals surface area contributed by atoms with E-state index < -0.39 is 0 Å². The van der Waals surface area contributed by atoms with Crippen LogP contribution in [0.1, 0.15) is 16.7 Å². The standard InChI is InChI=1S/C18H17N3O2/c1-21-8-7-12-13(11-5-3-2-4-6-11)9-14-16(15(12)10-21)19-18(22)17(14)20-23/h2-6,9,23H,7-8,10H2,1H3,(H,19,20,22). The summed E-state index contributed by atoms with van der Waals surface area (Å²) in [5, 5.41) is 15.3. The molecule has 4 rings (SSSR count). The fourth-order valence-electron chi connectivity index (χ4n) is 3.49. The van der Waals surface area contributed by atoms with Gasteiger partial charge < -0.3 is 15.4 Å². The molecule has 0 aliphatic carbocycles. The van der Waals surface area contributed by atoms with Crippen LogP contribution in [0.4, 0.5) is 5.69 Å². The Morgan fingerprint density at radius 3 is 2.70 bits per heavy atom. The number of nitrogens with one attached hydrogen (secondary N) is 1. The molecule has 0 bridgehead atoms. The van der Waals surface area contributed by atoms with Gasteiger partial charge in [0, 0.05) is 18.7 Å². The highest BCUT2D eigenvalue weighted by molar-refractivity contribution is 6.54. The SMILES string of the molecule is CN1CCc2c(-c3ccccc3)cc3c(c2C1)NC(=O)/C3=N\O. The van der Waals surface area contributed by atoms with E-state index in [1.54, 1.807) is 0 Å². The van der Waals surface area contributed by atoms with Crippen LogP contribution in [0.5, 0.6) is 0 Å². The summed E-state index contributed by atoms with van der Waals surface area (Å²) in [7, 11) is 2.07. The number of oxime groups is 1. The number of hydrogen-bond acceptors (Lipinski definition) is 4. The molecule has 0 fully saturated rings. The second-order valence-corrected chi connectivity index (χ2v) is 6.06. The molecule has 0 spiro atoms. The van der Waals surface area contributed by atoms with Crippen LogP contribution < -0.4 is 5.32 Å². The molecule has 2 aromatic rings. The van der Waals surface area contributed by atoms with E-state index in [1.165, 1.54) is 5.56 Å². The van der Waals surface area contributed by atoms with Crippen LogP contribution in [0, 0.1) is 0 Å². The molecule has 5 heteroatoms. The molecule has 0 saturated carbocycles. The lowest BCUT2D eigenvalue weighted by atomic mass is 9.87. The highest BCUT2D eigenvalue weighted by atomic mass is 16.4. The van der Waals surface area contributed by atoms with E-state index in [-0.39, 0.29) is 11.6 Å². The minimum atomic E-state index is -0.344. The number of nitrogens with zero attached hydrogens (tertiary/aromatic N) is 2. The highest BCUT2D eigenvalue weighted by Gasteiger charge is 2.33. The minimum Gasteiger partial charge on any atom is -0.410 e. The number of carbonyl (C=O) groups is 1. The summed E-state index contributed by atoms with van der Waals surface area (Å²) in [6.45, 7) is 1.76. The second-order valence-electron chi connectivity index (χ2n) is 6.06. The van der Waals surface area contributed by atoms with Crippen molar-refractivity contribution in [2.45, 2.75) is 13.0 Å². The van der Waals surface area contributed by atoms with Crippen molar-refractivity contribution in [3.05, 3.63) is 53.1 Å². The topological polar surface area (TPSA) is 64.9 Å². The number of anilines is 1. The van der Waals surface area contributed by atoms with Gasteiger partial charge >= 0.3 is 0 Å². The lowest BCUT2D eigenvalue weighted by Crippen LogP contribution is -2.27. The predicted molar refractivity (Wildman–Crippen MR) is 88.9 cm³/mol. The Labute approximate surface area is 134 Å². The zero-order valence-electron chi connectivity index (χ0n) is 12.8. The molecule has 2 aliphatic heterocycles. The van der Waals surface area contributed by atoms with Crippen LogP contribution in [-0.4, -0.2) is 35.3 Å². The van der Waals surface area contributed by atoms with Crippen molar-refractivity contribution in [1.29, 1.82) is 0 Å². The van der Waals surface area contributed by atoms with Gasteiger partial charge in [0.15, 0.2) is 5.71 Å². The minimum absolute atomic E-state index is 0.0909. The average molecular weight is 307 g/mol. The molecule has 0 saturated heterocycles. The average Bonchev–Trinajstić information content (AvgIpc) is 2.90. The van der Waals surface area contributed by atoms with E-state index in [9.17, 15) is 10.0 Å². The maximum atomic E-state index is 12.1. The molecular weight excluding hydrogens is 290 g/mol. The third kappa shape index (κ3) is 2.12. The summed E-state index contributed by atoms with van der Waals surface area (Å²) in [6, 6.07) is 12.1. The first-order valence-corrected chi connectivity index (χ1v) is 7.65. The fraction of sp³-hybridized carbons (Fsp3) is 0.222. The van der Waals surface area contributed by atoms with Gasteiger partial charge in [-0.3, -0.25) is 4.79 Å². The van der Waals surface area contributed by atoms with Crippen molar-refractivity contribution < 1.29 is 10.0 Å². The van der Waals surface area contributed by atoms with Gasteiger partial charge in [-0.25, -0.2) is 0 Å². The lowest BCUT2D eigenvalue weighted by molar-refractivity contribution is -0.110. The number of benzene rings is 2. The second kappa shape index (κ2) is 5.21. The maximum absolute atomic E-state index is 12.1. The monoisotopic (exact) mass is 307 g/mol. The van der Waals surface area contributed by atoms with Crippen molar-refractivity contribution in [2.24, 2.45) is 5.16 Å². The number of amides is 1. The molecule has 2 N–H and O–H groups in total. The Morgan fingerprint density at radius 1 is 1.17 bits per heavy atom. The van der Waals surface area contributed by atoms with Crippen LogP contribution >= 0.6 is 0 Å². The zero-order chi connectivity index (χ0) is 16.0. The number of likely N-dealkylation sites (N-methyl/N-ethyl adjacent to an activating group) is 1. The highest BCUT2D eigenvalue weighted by Crippen LogP contribution is 2.39. The zero-order valence-corrected chi connectivity index (χ0v) is 12.8. The van der Waals surface area contributed by atoms with Crippen LogP contribution in [-0.2, 0) is 17.8 Å². The third-order valence-electron chi connectivity index (χ3n) is 4.61. The largest absolute Gasteiger partial charge is 0.410 e. The summed E-state index contributed by atoms with van der Waals surface area (Å²) in [5.41, 5.74) is 6.20. The Hall–Kier alpha value is -2.66. The number of hydrogen-bond donors (Lipinski definition) is 2. The van der Waals surface area contributed by atoms with Crippen molar-refractivity contribution in [3.8, 4) is 11.1 Å². The normalized spacial score (nSPS) is 18.7. The molecule has 1 amide bonds. The molecule has 2 aliphatic rings. The van der Waals surface area contributed by atoms with Crippen LogP contribution in [0.25, 0.3) is 11.1 Å². The van der Waals surface area contributed by atoms with E-state index in [0.29, 0.717) is 5.56 Å². The molecule has 23 heavy (non-hydrogen) atoms. The van der Waals surface area contributed by atoms with Gasteiger partial charge in [-0.2, -0.15) is 0 Å².